The Labute approximate surface area is 212 Å². The maximum absolute atomic E-state index is 12.8. The third-order valence-corrected chi connectivity index (χ3v) is 7.46. The topological polar surface area (TPSA) is 68.1 Å². The first-order valence-electron chi connectivity index (χ1n) is 11.8. The number of aromatic nitrogens is 3. The number of rotatable bonds is 6. The summed E-state index contributed by atoms with van der Waals surface area (Å²) in [4.78, 5) is 26.9. The number of carbonyl (C=O) groups excluding carboxylic acids is 2. The molecule has 7 heteroatoms. The van der Waals surface area contributed by atoms with E-state index in [1.807, 2.05) is 12.1 Å². The van der Waals surface area contributed by atoms with Gasteiger partial charge < -0.3 is 4.57 Å². The number of thioether (sulfide) groups is 1. The van der Waals surface area contributed by atoms with Crippen LogP contribution < -0.4 is 4.90 Å². The predicted molar refractivity (Wildman–Crippen MR) is 142 cm³/mol. The molecule has 36 heavy (non-hydrogen) atoms. The lowest BCUT2D eigenvalue weighted by molar-refractivity contribution is 0.0926. The van der Waals surface area contributed by atoms with Crippen molar-refractivity contribution in [2.45, 2.75) is 24.4 Å². The first-order valence-corrected chi connectivity index (χ1v) is 12.7. The van der Waals surface area contributed by atoms with Crippen LogP contribution in [0.5, 0.6) is 0 Å². The molecule has 176 valence electrons. The smallest absolute Gasteiger partial charge is 0.266 e. The highest BCUT2D eigenvalue weighted by molar-refractivity contribution is 7.98. The zero-order valence-electron chi connectivity index (χ0n) is 19.6. The zero-order chi connectivity index (χ0) is 24.6. The number of amides is 2. The van der Waals surface area contributed by atoms with Gasteiger partial charge in [0.15, 0.2) is 11.0 Å². The van der Waals surface area contributed by atoms with E-state index in [4.69, 9.17) is 0 Å². The van der Waals surface area contributed by atoms with Gasteiger partial charge in [0.2, 0.25) is 0 Å². The third-order valence-electron chi connectivity index (χ3n) is 6.45. The summed E-state index contributed by atoms with van der Waals surface area (Å²) >= 11 is 1.66. The van der Waals surface area contributed by atoms with E-state index < -0.39 is 0 Å². The van der Waals surface area contributed by atoms with E-state index in [1.54, 1.807) is 48.2 Å². The van der Waals surface area contributed by atoms with Crippen molar-refractivity contribution < 1.29 is 9.59 Å². The van der Waals surface area contributed by atoms with Crippen molar-refractivity contribution in [3.05, 3.63) is 108 Å². The summed E-state index contributed by atoms with van der Waals surface area (Å²) in [7, 11) is 0. The van der Waals surface area contributed by atoms with Crippen molar-refractivity contribution in [3.8, 4) is 11.4 Å². The molecule has 1 aliphatic rings. The number of hydrogen-bond donors (Lipinski definition) is 0. The molecule has 1 aliphatic heterocycles. The van der Waals surface area contributed by atoms with Crippen LogP contribution in [0.15, 0.2) is 96.2 Å². The number of nitrogens with zero attached hydrogens (tertiary/aromatic N) is 4. The van der Waals surface area contributed by atoms with Crippen LogP contribution in [-0.2, 0) is 12.3 Å². The lowest BCUT2D eigenvalue weighted by atomic mass is 10.1. The Morgan fingerprint density at radius 2 is 1.42 bits per heavy atom. The summed E-state index contributed by atoms with van der Waals surface area (Å²) in [6.07, 6.45) is 0. The summed E-state index contributed by atoms with van der Waals surface area (Å²) in [5.41, 5.74) is 3.55. The van der Waals surface area contributed by atoms with Crippen LogP contribution in [0.3, 0.4) is 0 Å². The van der Waals surface area contributed by atoms with Crippen molar-refractivity contribution in [2.24, 2.45) is 0 Å². The van der Waals surface area contributed by atoms with Gasteiger partial charge in [-0.1, -0.05) is 66.4 Å². The molecule has 0 unspecified atom stereocenters. The van der Waals surface area contributed by atoms with E-state index in [1.165, 1.54) is 21.2 Å². The summed E-state index contributed by atoms with van der Waals surface area (Å²) in [6, 6.07) is 29.0. The largest absolute Gasteiger partial charge is 0.302 e. The quantitative estimate of drug-likeness (QED) is 0.209. The molecule has 0 aliphatic carbocycles. The minimum absolute atomic E-state index is 0.299. The van der Waals surface area contributed by atoms with Gasteiger partial charge in [-0.15, -0.1) is 10.2 Å². The van der Waals surface area contributed by atoms with Crippen molar-refractivity contribution in [3.63, 3.8) is 0 Å². The van der Waals surface area contributed by atoms with Crippen LogP contribution in [0, 0.1) is 0 Å². The van der Waals surface area contributed by atoms with Gasteiger partial charge in [0, 0.05) is 17.9 Å². The van der Waals surface area contributed by atoms with Gasteiger partial charge >= 0.3 is 0 Å². The van der Waals surface area contributed by atoms with E-state index in [2.05, 4.69) is 64.2 Å². The predicted octanol–water partition coefficient (Wildman–Crippen LogP) is 6.21. The van der Waals surface area contributed by atoms with Crippen LogP contribution in [0.25, 0.3) is 22.2 Å². The number of carbonyl (C=O) groups is 2. The van der Waals surface area contributed by atoms with Gasteiger partial charge in [0.25, 0.3) is 11.8 Å². The number of benzene rings is 4. The van der Waals surface area contributed by atoms with Crippen molar-refractivity contribution >= 4 is 40.0 Å². The van der Waals surface area contributed by atoms with Crippen LogP contribution in [0.4, 0.5) is 5.69 Å². The summed E-state index contributed by atoms with van der Waals surface area (Å²) in [6.45, 7) is 2.79. The summed E-state index contributed by atoms with van der Waals surface area (Å²) < 4.78 is 2.09. The van der Waals surface area contributed by atoms with Gasteiger partial charge in [-0.3, -0.25) is 9.59 Å². The molecule has 0 N–H and O–H groups in total. The molecule has 4 aromatic carbocycles. The van der Waals surface area contributed by atoms with Crippen LogP contribution >= 0.6 is 11.8 Å². The van der Waals surface area contributed by atoms with E-state index >= 15 is 0 Å². The Morgan fingerprint density at radius 1 is 0.750 bits per heavy atom. The minimum Gasteiger partial charge on any atom is -0.302 e. The fraction of sp³-hybridized carbons (Fsp3) is 0.103. The molecule has 2 heterocycles. The molecule has 6 rings (SSSR count). The van der Waals surface area contributed by atoms with Crippen LogP contribution in [0.1, 0.15) is 33.2 Å². The van der Waals surface area contributed by atoms with Crippen LogP contribution in [-0.4, -0.2) is 26.6 Å². The molecular weight excluding hydrogens is 468 g/mol. The SMILES string of the molecule is CCn1c(SCc2cccc3ccccc23)nnc1-c1ccc(N2C(=O)c3ccccc3C2=O)cc1. The number of hydrogen-bond acceptors (Lipinski definition) is 5. The molecule has 0 atom stereocenters. The molecule has 0 fully saturated rings. The van der Waals surface area contributed by atoms with E-state index in [-0.39, 0.29) is 11.8 Å². The maximum Gasteiger partial charge on any atom is 0.266 e. The highest BCUT2D eigenvalue weighted by atomic mass is 32.2. The molecule has 6 nitrogen and oxygen atoms in total. The van der Waals surface area contributed by atoms with Crippen molar-refractivity contribution in [1.29, 1.82) is 0 Å². The highest BCUT2D eigenvalue weighted by Crippen LogP contribution is 2.32. The zero-order valence-corrected chi connectivity index (χ0v) is 20.4. The molecule has 2 amide bonds. The minimum atomic E-state index is -0.299. The Kier molecular flexibility index (Phi) is 5.62. The Bertz CT molecular complexity index is 1580. The van der Waals surface area contributed by atoms with Crippen LogP contribution in [0.2, 0.25) is 0 Å². The first kappa shape index (κ1) is 22.2. The lowest BCUT2D eigenvalue weighted by Crippen LogP contribution is -2.29. The van der Waals surface area contributed by atoms with Crippen molar-refractivity contribution in [2.75, 3.05) is 4.90 Å². The molecule has 1 aromatic heterocycles. The highest BCUT2D eigenvalue weighted by Gasteiger charge is 2.36. The Morgan fingerprint density at radius 3 is 2.14 bits per heavy atom. The van der Waals surface area contributed by atoms with Gasteiger partial charge in [-0.2, -0.15) is 0 Å². The molecule has 0 bridgehead atoms. The second-order valence-corrected chi connectivity index (χ2v) is 9.46. The lowest BCUT2D eigenvalue weighted by Gasteiger charge is -2.14. The monoisotopic (exact) mass is 490 g/mol. The first-order chi connectivity index (χ1) is 17.7. The standard InChI is InChI=1S/C29H22N4O2S/c1-2-32-26(30-31-29(32)36-18-21-10-7-9-19-8-3-4-11-23(19)21)20-14-16-22(17-15-20)33-27(34)24-12-5-6-13-25(24)28(33)35/h3-17H,2,18H2,1H3. The molecule has 0 saturated heterocycles. The maximum atomic E-state index is 12.8. The second kappa shape index (κ2) is 9.09. The molecule has 5 aromatic rings. The molecule has 0 saturated carbocycles. The molecular formula is C29H22N4O2S. The fourth-order valence-corrected chi connectivity index (χ4v) is 5.64. The van der Waals surface area contributed by atoms with E-state index in [0.717, 1.165) is 28.8 Å². The van der Waals surface area contributed by atoms with Crippen molar-refractivity contribution in [1.82, 2.24) is 14.8 Å². The summed E-state index contributed by atoms with van der Waals surface area (Å²) in [5, 5.41) is 12.3. The second-order valence-electron chi connectivity index (χ2n) is 8.52. The summed E-state index contributed by atoms with van der Waals surface area (Å²) in [5.74, 6) is 0.948. The third kappa shape index (κ3) is 3.69. The Balaban J connectivity index is 1.24. The van der Waals surface area contributed by atoms with E-state index in [0.29, 0.717) is 16.8 Å². The normalized spacial score (nSPS) is 13.0. The Hall–Kier alpha value is -4.23. The number of anilines is 1. The van der Waals surface area contributed by atoms with E-state index in [9.17, 15) is 9.59 Å². The fourth-order valence-electron chi connectivity index (χ4n) is 4.64. The molecule has 0 spiro atoms. The van der Waals surface area contributed by atoms with Gasteiger partial charge in [0.1, 0.15) is 0 Å². The van der Waals surface area contributed by atoms with Gasteiger partial charge in [0.05, 0.1) is 16.8 Å². The number of fused-ring (bicyclic) bond motifs is 2. The number of imide groups is 1. The average molecular weight is 491 g/mol. The van der Waals surface area contributed by atoms with Gasteiger partial charge in [-0.25, -0.2) is 4.90 Å². The molecule has 0 radical (unpaired) electrons. The average Bonchev–Trinajstić information content (AvgIpc) is 3.45. The van der Waals surface area contributed by atoms with Gasteiger partial charge in [-0.05, 0) is 59.7 Å².